The average Bonchev–Trinajstić information content (AvgIpc) is 3.01. The van der Waals surface area contributed by atoms with E-state index in [-0.39, 0.29) is 29.6 Å². The Bertz CT molecular complexity index is 557. The van der Waals surface area contributed by atoms with Crippen LogP contribution in [0.1, 0.15) is 30.4 Å². The van der Waals surface area contributed by atoms with Crippen molar-refractivity contribution < 1.29 is 9.47 Å². The zero-order valence-corrected chi connectivity index (χ0v) is 16.0. The van der Waals surface area contributed by atoms with Crippen LogP contribution in [0.2, 0.25) is 0 Å². The largest absolute Gasteiger partial charge is 0.381 e. The van der Waals surface area contributed by atoms with Crippen LogP contribution in [0.4, 0.5) is 5.69 Å². The molecule has 1 aromatic rings. The fourth-order valence-electron chi connectivity index (χ4n) is 3.24. The van der Waals surface area contributed by atoms with Crippen molar-refractivity contribution in [2.75, 3.05) is 32.2 Å². The number of guanidine groups is 1. The number of halogens is 1. The van der Waals surface area contributed by atoms with Crippen molar-refractivity contribution in [2.24, 2.45) is 10.7 Å². The third-order valence-corrected chi connectivity index (χ3v) is 4.75. The van der Waals surface area contributed by atoms with Crippen LogP contribution in [0.5, 0.6) is 0 Å². The SMILES string of the molecule is COC1(CN=C(N)Nc2ccc3c(c2)CCC3)CCOCC1.I. The van der Waals surface area contributed by atoms with Crippen LogP contribution in [0.15, 0.2) is 23.2 Å². The average molecular weight is 431 g/mol. The molecule has 1 saturated heterocycles. The normalized spacial score (nSPS) is 19.8. The van der Waals surface area contributed by atoms with E-state index < -0.39 is 0 Å². The fraction of sp³-hybridized carbons (Fsp3) is 0.588. The Morgan fingerprint density at radius 3 is 2.78 bits per heavy atom. The number of methoxy groups -OCH3 is 1. The number of nitrogens with one attached hydrogen (secondary N) is 1. The first kappa shape index (κ1) is 18.5. The molecule has 0 amide bonds. The Labute approximate surface area is 155 Å². The molecule has 2 aliphatic rings. The summed E-state index contributed by atoms with van der Waals surface area (Å²) < 4.78 is 11.1. The van der Waals surface area contributed by atoms with E-state index in [9.17, 15) is 0 Å². The molecule has 3 N–H and O–H groups in total. The Hall–Kier alpha value is -0.860. The molecule has 0 unspecified atom stereocenters. The van der Waals surface area contributed by atoms with Crippen molar-refractivity contribution in [3.8, 4) is 0 Å². The zero-order chi connectivity index (χ0) is 15.4. The summed E-state index contributed by atoms with van der Waals surface area (Å²) in [6, 6.07) is 6.45. The van der Waals surface area contributed by atoms with Crippen molar-refractivity contribution in [2.45, 2.75) is 37.7 Å². The van der Waals surface area contributed by atoms with Crippen molar-refractivity contribution >= 4 is 35.6 Å². The van der Waals surface area contributed by atoms with Gasteiger partial charge in [0.15, 0.2) is 5.96 Å². The first-order valence-electron chi connectivity index (χ1n) is 8.02. The van der Waals surface area contributed by atoms with Gasteiger partial charge in [0.05, 0.1) is 12.1 Å². The maximum atomic E-state index is 6.03. The Morgan fingerprint density at radius 2 is 2.04 bits per heavy atom. The monoisotopic (exact) mass is 431 g/mol. The van der Waals surface area contributed by atoms with Gasteiger partial charge in [-0.15, -0.1) is 24.0 Å². The van der Waals surface area contributed by atoms with Gasteiger partial charge >= 0.3 is 0 Å². The quantitative estimate of drug-likeness (QED) is 0.437. The number of hydrogen-bond acceptors (Lipinski definition) is 3. The molecule has 0 saturated carbocycles. The molecular formula is C17H26IN3O2. The van der Waals surface area contributed by atoms with E-state index in [1.165, 1.54) is 24.0 Å². The van der Waals surface area contributed by atoms with Crippen molar-refractivity contribution in [1.82, 2.24) is 0 Å². The van der Waals surface area contributed by atoms with Crippen LogP contribution in [0.25, 0.3) is 0 Å². The Morgan fingerprint density at radius 1 is 1.30 bits per heavy atom. The Balaban J connectivity index is 0.00000192. The lowest BCUT2D eigenvalue weighted by molar-refractivity contribution is -0.0828. The van der Waals surface area contributed by atoms with Gasteiger partial charge in [0.2, 0.25) is 0 Å². The van der Waals surface area contributed by atoms with Crippen LogP contribution < -0.4 is 11.1 Å². The van der Waals surface area contributed by atoms with E-state index in [1.54, 1.807) is 7.11 Å². The highest BCUT2D eigenvalue weighted by Gasteiger charge is 2.32. The van der Waals surface area contributed by atoms with Gasteiger partial charge in [-0.05, 0) is 42.5 Å². The molecule has 0 radical (unpaired) electrons. The van der Waals surface area contributed by atoms with Crippen LogP contribution >= 0.6 is 24.0 Å². The standard InChI is InChI=1S/C17H25N3O2.HI/c1-21-17(7-9-22-10-8-17)12-19-16(18)20-15-6-5-13-3-2-4-14(13)11-15;/h5-6,11H,2-4,7-10,12H2,1H3,(H3,18,19,20);1H. The van der Waals surface area contributed by atoms with E-state index in [2.05, 4.69) is 28.5 Å². The summed E-state index contributed by atoms with van der Waals surface area (Å²) >= 11 is 0. The smallest absolute Gasteiger partial charge is 0.193 e. The lowest BCUT2D eigenvalue weighted by Gasteiger charge is -2.34. The molecule has 0 atom stereocenters. The molecule has 3 rings (SSSR count). The molecule has 0 aromatic heterocycles. The molecule has 23 heavy (non-hydrogen) atoms. The van der Waals surface area contributed by atoms with Crippen LogP contribution in [0.3, 0.4) is 0 Å². The molecule has 1 fully saturated rings. The number of nitrogens with zero attached hydrogens (tertiary/aromatic N) is 1. The molecule has 0 bridgehead atoms. The molecule has 1 aliphatic carbocycles. The first-order valence-corrected chi connectivity index (χ1v) is 8.02. The summed E-state index contributed by atoms with van der Waals surface area (Å²) in [5.74, 6) is 0.445. The van der Waals surface area contributed by atoms with E-state index in [0.717, 1.165) is 38.2 Å². The van der Waals surface area contributed by atoms with E-state index in [0.29, 0.717) is 12.5 Å². The van der Waals surface area contributed by atoms with Gasteiger partial charge in [0.25, 0.3) is 0 Å². The number of anilines is 1. The summed E-state index contributed by atoms with van der Waals surface area (Å²) in [5, 5.41) is 3.19. The molecule has 1 aliphatic heterocycles. The van der Waals surface area contributed by atoms with E-state index in [4.69, 9.17) is 15.2 Å². The van der Waals surface area contributed by atoms with Crippen LogP contribution in [0, 0.1) is 0 Å². The van der Waals surface area contributed by atoms with Gasteiger partial charge < -0.3 is 20.5 Å². The molecule has 0 spiro atoms. The summed E-state index contributed by atoms with van der Waals surface area (Å²) in [5.41, 5.74) is 9.70. The highest BCUT2D eigenvalue weighted by Crippen LogP contribution is 2.26. The number of ether oxygens (including phenoxy) is 2. The number of aryl methyl sites for hydroxylation is 2. The van der Waals surface area contributed by atoms with Gasteiger partial charge in [-0.25, -0.2) is 0 Å². The van der Waals surface area contributed by atoms with Gasteiger partial charge in [-0.1, -0.05) is 6.07 Å². The second-order valence-corrected chi connectivity index (χ2v) is 6.16. The zero-order valence-electron chi connectivity index (χ0n) is 13.6. The number of rotatable bonds is 4. The second kappa shape index (κ2) is 8.30. The van der Waals surface area contributed by atoms with Gasteiger partial charge in [-0.3, -0.25) is 4.99 Å². The highest BCUT2D eigenvalue weighted by atomic mass is 127. The van der Waals surface area contributed by atoms with Crippen molar-refractivity contribution in [3.63, 3.8) is 0 Å². The number of fused-ring (bicyclic) bond motifs is 1. The van der Waals surface area contributed by atoms with Crippen molar-refractivity contribution in [1.29, 1.82) is 0 Å². The molecule has 1 heterocycles. The van der Waals surface area contributed by atoms with Gasteiger partial charge in [-0.2, -0.15) is 0 Å². The molecule has 1 aromatic carbocycles. The third-order valence-electron chi connectivity index (χ3n) is 4.75. The highest BCUT2D eigenvalue weighted by molar-refractivity contribution is 14.0. The summed E-state index contributed by atoms with van der Waals surface area (Å²) in [6.45, 7) is 2.01. The minimum Gasteiger partial charge on any atom is -0.381 e. The number of nitrogens with two attached hydrogens (primary N) is 1. The van der Waals surface area contributed by atoms with Crippen LogP contribution in [-0.2, 0) is 22.3 Å². The first-order chi connectivity index (χ1) is 10.7. The number of aliphatic imine (C=N–C) groups is 1. The maximum Gasteiger partial charge on any atom is 0.193 e. The maximum absolute atomic E-state index is 6.03. The third kappa shape index (κ3) is 4.58. The molecular weight excluding hydrogens is 405 g/mol. The lowest BCUT2D eigenvalue weighted by Crippen LogP contribution is -2.42. The minimum atomic E-state index is -0.234. The van der Waals surface area contributed by atoms with Gasteiger partial charge in [0.1, 0.15) is 0 Å². The topological polar surface area (TPSA) is 68.9 Å². The second-order valence-electron chi connectivity index (χ2n) is 6.16. The predicted molar refractivity (Wildman–Crippen MR) is 104 cm³/mol. The summed E-state index contributed by atoms with van der Waals surface area (Å²) in [4.78, 5) is 4.48. The van der Waals surface area contributed by atoms with Crippen molar-refractivity contribution in [3.05, 3.63) is 29.3 Å². The summed E-state index contributed by atoms with van der Waals surface area (Å²) in [6.07, 6.45) is 5.32. The molecule has 128 valence electrons. The predicted octanol–water partition coefficient (Wildman–Crippen LogP) is 2.72. The Kier molecular flexibility index (Phi) is 6.67. The van der Waals surface area contributed by atoms with Gasteiger partial charge in [0, 0.05) is 38.9 Å². The van der Waals surface area contributed by atoms with E-state index >= 15 is 0 Å². The molecule has 5 nitrogen and oxygen atoms in total. The van der Waals surface area contributed by atoms with E-state index in [1.807, 2.05) is 0 Å². The molecule has 6 heteroatoms. The minimum absolute atomic E-state index is 0. The number of hydrogen-bond donors (Lipinski definition) is 2. The number of benzene rings is 1. The fourth-order valence-corrected chi connectivity index (χ4v) is 3.24. The summed E-state index contributed by atoms with van der Waals surface area (Å²) in [7, 11) is 1.74. The van der Waals surface area contributed by atoms with Crippen LogP contribution in [-0.4, -0.2) is 38.4 Å². The lowest BCUT2D eigenvalue weighted by atomic mass is 9.94.